The summed E-state index contributed by atoms with van der Waals surface area (Å²) in [5.74, 6) is -3.93. The highest BCUT2D eigenvalue weighted by atomic mass is 32.2. The van der Waals surface area contributed by atoms with Crippen LogP contribution in [0.1, 0.15) is 39.8 Å². The molecule has 5 rings (SSSR count). The Balaban J connectivity index is 1.39. The van der Waals surface area contributed by atoms with Crippen LogP contribution in [-0.2, 0) is 10.0 Å². The number of aryl methyl sites for hydroxylation is 1. The van der Waals surface area contributed by atoms with Crippen molar-refractivity contribution in [3.8, 4) is 10.4 Å². The SMILES string of the molecule is Cc1ccn2ncc(-c3cnc(C(=O)N[C@@H](CN4CCCC4)c4cccc(NS(=O)(=O)C(F)F)c4)s3)c2c1. The summed E-state index contributed by atoms with van der Waals surface area (Å²) in [4.78, 5) is 20.6. The second-order valence-corrected chi connectivity index (χ2v) is 11.9. The van der Waals surface area contributed by atoms with Crippen molar-refractivity contribution in [3.63, 3.8) is 0 Å². The molecule has 2 N–H and O–H groups in total. The van der Waals surface area contributed by atoms with Gasteiger partial charge in [0, 0.05) is 30.2 Å². The number of hydrogen-bond donors (Lipinski definition) is 2. The van der Waals surface area contributed by atoms with E-state index in [-0.39, 0.29) is 16.6 Å². The molecule has 0 radical (unpaired) electrons. The molecule has 1 atom stereocenters. The summed E-state index contributed by atoms with van der Waals surface area (Å²) in [6.45, 7) is 4.23. The molecule has 1 aromatic carbocycles. The van der Waals surface area contributed by atoms with Crippen molar-refractivity contribution in [2.24, 2.45) is 0 Å². The molecule has 38 heavy (non-hydrogen) atoms. The van der Waals surface area contributed by atoms with Crippen LogP contribution in [0.3, 0.4) is 0 Å². The molecule has 3 aromatic heterocycles. The fourth-order valence-corrected chi connectivity index (χ4v) is 5.87. The number of alkyl halides is 2. The van der Waals surface area contributed by atoms with E-state index in [1.54, 1.807) is 29.0 Å². The Hall–Kier alpha value is -3.42. The number of hydrogen-bond acceptors (Lipinski definition) is 7. The van der Waals surface area contributed by atoms with E-state index in [1.165, 1.54) is 23.5 Å². The van der Waals surface area contributed by atoms with Gasteiger partial charge in [-0.25, -0.2) is 17.9 Å². The summed E-state index contributed by atoms with van der Waals surface area (Å²) in [5.41, 5.74) is 3.47. The van der Waals surface area contributed by atoms with Crippen molar-refractivity contribution in [2.75, 3.05) is 24.4 Å². The minimum Gasteiger partial charge on any atom is -0.342 e. The van der Waals surface area contributed by atoms with Crippen LogP contribution in [0, 0.1) is 6.92 Å². The molecule has 0 aliphatic carbocycles. The zero-order chi connectivity index (χ0) is 26.9. The molecule has 1 aliphatic rings. The van der Waals surface area contributed by atoms with Gasteiger partial charge in [0.2, 0.25) is 0 Å². The zero-order valence-corrected chi connectivity index (χ0v) is 22.1. The fourth-order valence-electron chi connectivity index (χ4n) is 4.49. The monoisotopic (exact) mass is 560 g/mol. The van der Waals surface area contributed by atoms with Crippen LogP contribution in [0.5, 0.6) is 0 Å². The van der Waals surface area contributed by atoms with Gasteiger partial charge in [-0.2, -0.15) is 13.9 Å². The van der Waals surface area contributed by atoms with Gasteiger partial charge in [0.1, 0.15) is 0 Å². The smallest absolute Gasteiger partial charge is 0.342 e. The molecule has 1 aliphatic heterocycles. The topological polar surface area (TPSA) is 109 Å². The van der Waals surface area contributed by atoms with Gasteiger partial charge in [0.25, 0.3) is 15.9 Å². The maximum atomic E-state index is 13.3. The molecule has 9 nitrogen and oxygen atoms in total. The Morgan fingerprint density at radius 1 is 1.16 bits per heavy atom. The number of nitrogens with zero attached hydrogens (tertiary/aromatic N) is 4. The first-order chi connectivity index (χ1) is 18.2. The third kappa shape index (κ3) is 5.69. The molecule has 0 unspecified atom stereocenters. The Morgan fingerprint density at radius 3 is 2.71 bits per heavy atom. The van der Waals surface area contributed by atoms with Gasteiger partial charge in [-0.05, 0) is 68.2 Å². The number of carbonyl (C=O) groups excluding carboxylic acids is 1. The lowest BCUT2D eigenvalue weighted by atomic mass is 10.1. The number of nitrogens with one attached hydrogen (secondary N) is 2. The summed E-state index contributed by atoms with van der Waals surface area (Å²) in [5, 5.41) is 7.66. The summed E-state index contributed by atoms with van der Waals surface area (Å²) in [6, 6.07) is 9.63. The van der Waals surface area contributed by atoms with Crippen molar-refractivity contribution in [1.82, 2.24) is 24.8 Å². The number of thiazole rings is 1. The number of anilines is 1. The first kappa shape index (κ1) is 26.2. The number of amides is 1. The van der Waals surface area contributed by atoms with Crippen molar-refractivity contribution < 1.29 is 22.0 Å². The van der Waals surface area contributed by atoms with E-state index in [2.05, 4.69) is 20.3 Å². The molecule has 1 fully saturated rings. The van der Waals surface area contributed by atoms with Gasteiger partial charge >= 0.3 is 5.76 Å². The second-order valence-electron chi connectivity index (χ2n) is 9.19. The molecule has 1 amide bonds. The third-order valence-corrected chi connectivity index (χ3v) is 8.39. The number of benzene rings is 1. The van der Waals surface area contributed by atoms with Crippen LogP contribution in [-0.4, -0.2) is 59.2 Å². The lowest BCUT2D eigenvalue weighted by molar-refractivity contribution is 0.0926. The van der Waals surface area contributed by atoms with Crippen LogP contribution in [0.4, 0.5) is 14.5 Å². The van der Waals surface area contributed by atoms with E-state index in [9.17, 15) is 22.0 Å². The largest absolute Gasteiger partial charge is 0.355 e. The van der Waals surface area contributed by atoms with Gasteiger partial charge in [0.05, 0.1) is 22.6 Å². The molecular formula is C25H26F2N6O3S2. The Morgan fingerprint density at radius 2 is 1.95 bits per heavy atom. The van der Waals surface area contributed by atoms with Gasteiger partial charge in [-0.3, -0.25) is 9.52 Å². The molecule has 0 saturated carbocycles. The molecule has 1 saturated heterocycles. The van der Waals surface area contributed by atoms with E-state index in [0.717, 1.165) is 47.5 Å². The standard InChI is InChI=1S/C25H26F2N6O3S2/c1-16-7-10-33-21(11-16)19(13-29-33)22-14-28-24(37-22)23(34)30-20(15-32-8-2-3-9-32)17-5-4-6-18(12-17)31-38(35,36)25(26)27/h4-7,10-14,20,25,31H,2-3,8-9,15H2,1H3,(H,30,34)/t20-/m0/s1. The number of aromatic nitrogens is 3. The van der Waals surface area contributed by atoms with Crippen LogP contribution >= 0.6 is 11.3 Å². The maximum absolute atomic E-state index is 13.3. The average Bonchev–Trinajstić information content (AvgIpc) is 3.64. The van der Waals surface area contributed by atoms with Crippen molar-refractivity contribution in [3.05, 3.63) is 71.1 Å². The Kier molecular flexibility index (Phi) is 7.41. The first-order valence-electron chi connectivity index (χ1n) is 12.0. The number of halogens is 2. The minimum absolute atomic E-state index is 0.00313. The van der Waals surface area contributed by atoms with Gasteiger partial charge in [0.15, 0.2) is 5.01 Å². The predicted octanol–water partition coefficient (Wildman–Crippen LogP) is 4.30. The second kappa shape index (κ2) is 10.8. The van der Waals surface area contributed by atoms with Crippen molar-refractivity contribution >= 4 is 38.5 Å². The highest BCUT2D eigenvalue weighted by Gasteiger charge is 2.26. The van der Waals surface area contributed by atoms with Crippen molar-refractivity contribution in [1.29, 1.82) is 0 Å². The number of rotatable bonds is 9. The number of likely N-dealkylation sites (tertiary alicyclic amines) is 1. The summed E-state index contributed by atoms with van der Waals surface area (Å²) >= 11 is 1.25. The van der Waals surface area contributed by atoms with E-state index < -0.39 is 21.8 Å². The Bertz CT molecular complexity index is 1560. The van der Waals surface area contributed by atoms with E-state index in [4.69, 9.17) is 0 Å². The summed E-state index contributed by atoms with van der Waals surface area (Å²) in [7, 11) is -4.82. The van der Waals surface area contributed by atoms with E-state index in [1.807, 2.05) is 30.0 Å². The van der Waals surface area contributed by atoms with E-state index in [0.29, 0.717) is 12.1 Å². The molecule has 200 valence electrons. The van der Waals surface area contributed by atoms with Crippen LogP contribution in [0.15, 0.2) is 55.0 Å². The molecule has 0 bridgehead atoms. The molecule has 0 spiro atoms. The first-order valence-corrected chi connectivity index (χ1v) is 14.4. The highest BCUT2D eigenvalue weighted by molar-refractivity contribution is 7.93. The Labute approximate surface area is 222 Å². The summed E-state index contributed by atoms with van der Waals surface area (Å²) in [6.07, 6.45) is 7.36. The molecule has 4 heterocycles. The number of fused-ring (bicyclic) bond motifs is 1. The van der Waals surface area contributed by atoms with Gasteiger partial charge < -0.3 is 10.2 Å². The lowest BCUT2D eigenvalue weighted by Crippen LogP contribution is -2.37. The summed E-state index contributed by atoms with van der Waals surface area (Å²) < 4.78 is 52.8. The lowest BCUT2D eigenvalue weighted by Gasteiger charge is -2.25. The number of carbonyl (C=O) groups is 1. The third-order valence-electron chi connectivity index (χ3n) is 6.37. The predicted molar refractivity (Wildman–Crippen MR) is 142 cm³/mol. The van der Waals surface area contributed by atoms with Crippen LogP contribution < -0.4 is 10.0 Å². The van der Waals surface area contributed by atoms with Crippen LogP contribution in [0.2, 0.25) is 0 Å². The highest BCUT2D eigenvalue weighted by Crippen LogP contribution is 2.31. The van der Waals surface area contributed by atoms with Crippen LogP contribution in [0.25, 0.3) is 16.0 Å². The number of sulfonamides is 1. The van der Waals surface area contributed by atoms with Gasteiger partial charge in [-0.15, -0.1) is 11.3 Å². The minimum atomic E-state index is -4.82. The average molecular weight is 561 g/mol. The van der Waals surface area contributed by atoms with Crippen molar-refractivity contribution in [2.45, 2.75) is 31.6 Å². The maximum Gasteiger partial charge on any atom is 0.355 e. The fraction of sp³-hybridized carbons (Fsp3) is 0.320. The molecule has 13 heteroatoms. The number of pyridine rings is 1. The molecule has 4 aromatic rings. The normalized spacial score (nSPS) is 15.3. The quantitative estimate of drug-likeness (QED) is 0.316. The van der Waals surface area contributed by atoms with E-state index >= 15 is 0 Å². The zero-order valence-electron chi connectivity index (χ0n) is 20.5. The molecular weight excluding hydrogens is 534 g/mol. The van der Waals surface area contributed by atoms with Gasteiger partial charge in [-0.1, -0.05) is 12.1 Å².